The summed E-state index contributed by atoms with van der Waals surface area (Å²) < 4.78 is 6.06. The Bertz CT molecular complexity index is 1090. The molecule has 2 aromatic carbocycles. The summed E-state index contributed by atoms with van der Waals surface area (Å²) in [6.45, 7) is 5.94. The number of amides is 3. The molecule has 8 heteroatoms. The van der Waals surface area contributed by atoms with Crippen molar-refractivity contribution in [2.24, 2.45) is 5.92 Å². The Morgan fingerprint density at radius 1 is 1.00 bits per heavy atom. The van der Waals surface area contributed by atoms with Crippen LogP contribution in [0.3, 0.4) is 0 Å². The lowest BCUT2D eigenvalue weighted by atomic mass is 9.98. The molecule has 8 nitrogen and oxygen atoms in total. The Kier molecular flexibility index (Phi) is 9.76. The zero-order valence-electron chi connectivity index (χ0n) is 22.4. The quantitative estimate of drug-likeness (QED) is 0.575. The first-order valence-corrected chi connectivity index (χ1v) is 13.8. The Hall–Kier alpha value is -3.39. The van der Waals surface area contributed by atoms with Gasteiger partial charge in [-0.05, 0) is 42.4 Å². The van der Waals surface area contributed by atoms with Crippen LogP contribution in [0.25, 0.3) is 0 Å². The molecule has 2 bridgehead atoms. The van der Waals surface area contributed by atoms with Gasteiger partial charge in [-0.15, -0.1) is 0 Å². The molecule has 0 aromatic heterocycles. The van der Waals surface area contributed by atoms with Crippen molar-refractivity contribution in [3.05, 3.63) is 65.7 Å². The number of benzene rings is 2. The average molecular weight is 521 g/mol. The summed E-state index contributed by atoms with van der Waals surface area (Å²) in [5.41, 5.74) is 2.07. The van der Waals surface area contributed by atoms with Crippen molar-refractivity contribution in [1.82, 2.24) is 20.9 Å². The van der Waals surface area contributed by atoms with Crippen molar-refractivity contribution < 1.29 is 19.1 Å². The van der Waals surface area contributed by atoms with Crippen LogP contribution >= 0.6 is 0 Å². The van der Waals surface area contributed by atoms with E-state index in [-0.39, 0.29) is 23.6 Å². The maximum absolute atomic E-state index is 13.5. The largest absolute Gasteiger partial charge is 0.492 e. The number of hydrogen-bond donors (Lipinski definition) is 3. The van der Waals surface area contributed by atoms with Crippen molar-refractivity contribution in [2.45, 2.75) is 64.1 Å². The Morgan fingerprint density at radius 3 is 2.55 bits per heavy atom. The van der Waals surface area contributed by atoms with Crippen molar-refractivity contribution in [1.29, 1.82) is 0 Å². The first kappa shape index (κ1) is 27.6. The van der Waals surface area contributed by atoms with Gasteiger partial charge in [0.2, 0.25) is 17.7 Å². The predicted octanol–water partition coefficient (Wildman–Crippen LogP) is 2.46. The lowest BCUT2D eigenvalue weighted by Crippen LogP contribution is -2.55. The van der Waals surface area contributed by atoms with E-state index < -0.39 is 18.1 Å². The summed E-state index contributed by atoms with van der Waals surface area (Å²) in [4.78, 5) is 41.8. The molecule has 2 unspecified atom stereocenters. The number of fused-ring (bicyclic) bond motifs is 3. The highest BCUT2D eigenvalue weighted by atomic mass is 16.5. The van der Waals surface area contributed by atoms with E-state index in [9.17, 15) is 14.4 Å². The summed E-state index contributed by atoms with van der Waals surface area (Å²) in [5, 5.41) is 9.39. The summed E-state index contributed by atoms with van der Waals surface area (Å²) in [5.74, 6) is 0.347. The molecule has 1 saturated heterocycles. The third-order valence-electron chi connectivity index (χ3n) is 7.62. The van der Waals surface area contributed by atoms with Crippen LogP contribution in [0.4, 0.5) is 0 Å². The van der Waals surface area contributed by atoms with Crippen LogP contribution in [0.1, 0.15) is 44.2 Å². The van der Waals surface area contributed by atoms with Crippen LogP contribution in [0.2, 0.25) is 0 Å². The number of ether oxygens (including phenoxy) is 1. The van der Waals surface area contributed by atoms with E-state index in [1.54, 1.807) is 4.90 Å². The van der Waals surface area contributed by atoms with Crippen LogP contribution in [-0.2, 0) is 27.2 Å². The minimum absolute atomic E-state index is 0.0806. The Morgan fingerprint density at radius 2 is 1.76 bits per heavy atom. The smallest absolute Gasteiger partial charge is 0.245 e. The topological polar surface area (TPSA) is 99.8 Å². The van der Waals surface area contributed by atoms with E-state index in [0.29, 0.717) is 39.1 Å². The molecule has 38 heavy (non-hydrogen) atoms. The molecule has 0 spiro atoms. The van der Waals surface area contributed by atoms with Gasteiger partial charge in [-0.25, -0.2) is 0 Å². The van der Waals surface area contributed by atoms with Gasteiger partial charge in [-0.3, -0.25) is 14.4 Å². The van der Waals surface area contributed by atoms with Gasteiger partial charge in [0, 0.05) is 26.1 Å². The van der Waals surface area contributed by atoms with Gasteiger partial charge in [0.25, 0.3) is 0 Å². The Balaban J connectivity index is 1.57. The summed E-state index contributed by atoms with van der Waals surface area (Å²) >= 11 is 0. The van der Waals surface area contributed by atoms with Gasteiger partial charge in [-0.1, -0.05) is 68.8 Å². The number of hydrogen-bond acceptors (Lipinski definition) is 5. The van der Waals surface area contributed by atoms with Crippen LogP contribution in [0, 0.1) is 5.92 Å². The molecule has 0 aliphatic carbocycles. The highest BCUT2D eigenvalue weighted by molar-refractivity contribution is 5.94. The standard InChI is InChI=1S/C30H40N4O4/c1-3-21(2)27-29(36)33-24-15-18-34(30(24)37)25(20-22-10-5-4-6-11-22)28(35)32-16-9-13-23-12-7-8-14-26(23)38-19-17-31-27/h4-8,10-12,14,21,24-25,27,31H,3,9,13,15-20H2,1-2H3,(H,32,35)(H,33,36)/t21?,24-,25-,27?/m1/s1. The zero-order valence-corrected chi connectivity index (χ0v) is 22.4. The fourth-order valence-corrected chi connectivity index (χ4v) is 5.21. The molecular weight excluding hydrogens is 480 g/mol. The first-order chi connectivity index (χ1) is 18.5. The monoisotopic (exact) mass is 520 g/mol. The second kappa shape index (κ2) is 13.4. The van der Waals surface area contributed by atoms with Gasteiger partial charge in [0.15, 0.2) is 0 Å². The van der Waals surface area contributed by atoms with Crippen LogP contribution in [-0.4, -0.2) is 67.0 Å². The molecule has 0 radical (unpaired) electrons. The minimum Gasteiger partial charge on any atom is -0.492 e. The van der Waals surface area contributed by atoms with E-state index in [4.69, 9.17) is 4.74 Å². The third-order valence-corrected chi connectivity index (χ3v) is 7.62. The molecule has 204 valence electrons. The fourth-order valence-electron chi connectivity index (χ4n) is 5.21. The fraction of sp³-hybridized carbons (Fsp3) is 0.500. The summed E-state index contributed by atoms with van der Waals surface area (Å²) in [7, 11) is 0. The van der Waals surface area contributed by atoms with Crippen molar-refractivity contribution in [3.63, 3.8) is 0 Å². The SMILES string of the molecule is CCC(C)C1NCCOc2ccccc2CCCNC(=O)[C@@H](Cc2ccccc2)N2CC[C@@H](NC1=O)C2=O. The maximum Gasteiger partial charge on any atom is 0.245 e. The van der Waals surface area contributed by atoms with Gasteiger partial charge in [-0.2, -0.15) is 0 Å². The molecule has 4 rings (SSSR count). The third kappa shape index (κ3) is 6.92. The van der Waals surface area contributed by atoms with Crippen molar-refractivity contribution >= 4 is 17.7 Å². The van der Waals surface area contributed by atoms with Crippen molar-refractivity contribution in [2.75, 3.05) is 26.2 Å². The second-order valence-electron chi connectivity index (χ2n) is 10.3. The number of para-hydroxylation sites is 1. The molecule has 0 saturated carbocycles. The normalized spacial score (nSPS) is 24.3. The number of nitrogens with one attached hydrogen (secondary N) is 3. The van der Waals surface area contributed by atoms with Crippen LogP contribution in [0.15, 0.2) is 54.6 Å². The molecule has 2 aliphatic heterocycles. The molecule has 3 amide bonds. The minimum atomic E-state index is -0.635. The van der Waals surface area contributed by atoms with Crippen LogP contribution in [0.5, 0.6) is 5.75 Å². The highest BCUT2D eigenvalue weighted by Gasteiger charge is 2.40. The summed E-state index contributed by atoms with van der Waals surface area (Å²) in [6, 6.07) is 16.0. The summed E-state index contributed by atoms with van der Waals surface area (Å²) in [6.07, 6.45) is 3.24. The molecule has 2 heterocycles. The number of aryl methyl sites for hydroxylation is 1. The Labute approximate surface area is 225 Å². The molecule has 4 atom stereocenters. The van der Waals surface area contributed by atoms with E-state index in [0.717, 1.165) is 36.1 Å². The predicted molar refractivity (Wildman–Crippen MR) is 147 cm³/mol. The lowest BCUT2D eigenvalue weighted by molar-refractivity contribution is -0.139. The zero-order chi connectivity index (χ0) is 26.9. The molecule has 2 aromatic rings. The van der Waals surface area contributed by atoms with Gasteiger partial charge < -0.3 is 25.6 Å². The second-order valence-corrected chi connectivity index (χ2v) is 10.3. The van der Waals surface area contributed by atoms with Gasteiger partial charge >= 0.3 is 0 Å². The maximum atomic E-state index is 13.5. The molecule has 3 N–H and O–H groups in total. The molecule has 2 aliphatic rings. The van der Waals surface area contributed by atoms with E-state index >= 15 is 0 Å². The number of carbonyl (C=O) groups excluding carboxylic acids is 3. The number of carbonyl (C=O) groups is 3. The van der Waals surface area contributed by atoms with E-state index in [1.165, 1.54) is 0 Å². The molecule has 1 fully saturated rings. The first-order valence-electron chi connectivity index (χ1n) is 13.8. The number of nitrogens with zero attached hydrogens (tertiary/aromatic N) is 1. The average Bonchev–Trinajstić information content (AvgIpc) is 3.29. The van der Waals surface area contributed by atoms with Crippen molar-refractivity contribution in [3.8, 4) is 5.75 Å². The molecular formula is C30H40N4O4. The van der Waals surface area contributed by atoms with Gasteiger partial charge in [0.05, 0.1) is 6.04 Å². The lowest BCUT2D eigenvalue weighted by Gasteiger charge is -2.28. The van der Waals surface area contributed by atoms with Gasteiger partial charge in [0.1, 0.15) is 24.4 Å². The van der Waals surface area contributed by atoms with E-state index in [2.05, 4.69) is 16.0 Å². The number of rotatable bonds is 4. The van der Waals surface area contributed by atoms with E-state index in [1.807, 2.05) is 68.4 Å². The highest BCUT2D eigenvalue weighted by Crippen LogP contribution is 2.21. The van der Waals surface area contributed by atoms with Crippen LogP contribution < -0.4 is 20.7 Å².